The number of aromatic nitrogens is 4. The van der Waals surface area contributed by atoms with Crippen LogP contribution < -0.4 is 10.9 Å². The summed E-state index contributed by atoms with van der Waals surface area (Å²) in [6, 6.07) is 15.2. The second kappa shape index (κ2) is 7.67. The quantitative estimate of drug-likeness (QED) is 0.567. The van der Waals surface area contributed by atoms with E-state index in [-0.39, 0.29) is 6.54 Å². The number of fused-ring (bicyclic) bond motifs is 1. The van der Waals surface area contributed by atoms with Gasteiger partial charge in [0.1, 0.15) is 24.2 Å². The molecule has 0 saturated heterocycles. The van der Waals surface area contributed by atoms with Crippen LogP contribution in [0.15, 0.2) is 65.7 Å². The van der Waals surface area contributed by atoms with Crippen molar-refractivity contribution in [3.8, 4) is 11.3 Å². The lowest BCUT2D eigenvalue weighted by Crippen LogP contribution is -2.30. The lowest BCUT2D eigenvalue weighted by atomic mass is 10.1. The zero-order chi connectivity index (χ0) is 20.4. The molecule has 0 atom stereocenters. The van der Waals surface area contributed by atoms with E-state index in [0.717, 1.165) is 16.7 Å². The van der Waals surface area contributed by atoms with Gasteiger partial charge in [0.2, 0.25) is 5.91 Å². The lowest BCUT2D eigenvalue weighted by molar-refractivity contribution is -0.117. The van der Waals surface area contributed by atoms with Crippen LogP contribution in [-0.2, 0) is 17.8 Å². The first-order chi connectivity index (χ1) is 14.0. The third-order valence-corrected chi connectivity index (χ3v) is 4.55. The SMILES string of the molecule is CCc1ccc(-c2cc3c(=O)n(CC(=O)Nc4cccc(F)c4)ncn3n2)cc1. The number of aryl methyl sites for hydroxylation is 1. The van der Waals surface area contributed by atoms with Crippen molar-refractivity contribution in [2.24, 2.45) is 0 Å². The smallest absolute Gasteiger partial charge is 0.293 e. The van der Waals surface area contributed by atoms with Crippen LogP contribution in [0.3, 0.4) is 0 Å². The number of nitrogens with zero attached hydrogens (tertiary/aromatic N) is 4. The molecule has 0 unspecified atom stereocenters. The van der Waals surface area contributed by atoms with Gasteiger partial charge >= 0.3 is 0 Å². The maximum atomic E-state index is 13.2. The number of carbonyl (C=O) groups is 1. The van der Waals surface area contributed by atoms with Crippen molar-refractivity contribution in [1.82, 2.24) is 19.4 Å². The lowest BCUT2D eigenvalue weighted by Gasteiger charge is -2.06. The highest BCUT2D eigenvalue weighted by atomic mass is 19.1. The normalized spacial score (nSPS) is 11.0. The molecule has 8 heteroatoms. The summed E-state index contributed by atoms with van der Waals surface area (Å²) in [5.74, 6) is -0.942. The predicted octanol–water partition coefficient (Wildman–Crippen LogP) is 2.90. The van der Waals surface area contributed by atoms with Crippen LogP contribution in [0.4, 0.5) is 10.1 Å². The van der Waals surface area contributed by atoms with Crippen LogP contribution in [0.2, 0.25) is 0 Å². The molecule has 7 nitrogen and oxygen atoms in total. The molecule has 0 aliphatic heterocycles. The van der Waals surface area contributed by atoms with Crippen molar-refractivity contribution in [1.29, 1.82) is 0 Å². The minimum Gasteiger partial charge on any atom is -0.324 e. The number of carbonyl (C=O) groups excluding carboxylic acids is 1. The minimum atomic E-state index is -0.482. The molecule has 1 amide bonds. The summed E-state index contributed by atoms with van der Waals surface area (Å²) < 4.78 is 15.7. The molecular formula is C21H18FN5O2. The summed E-state index contributed by atoms with van der Waals surface area (Å²) in [5.41, 5.74) is 2.94. The zero-order valence-electron chi connectivity index (χ0n) is 15.7. The fourth-order valence-corrected chi connectivity index (χ4v) is 3.01. The van der Waals surface area contributed by atoms with E-state index >= 15 is 0 Å². The number of rotatable bonds is 5. The second-order valence-corrected chi connectivity index (χ2v) is 6.56. The van der Waals surface area contributed by atoms with Crippen LogP contribution >= 0.6 is 0 Å². The van der Waals surface area contributed by atoms with E-state index in [4.69, 9.17) is 0 Å². The van der Waals surface area contributed by atoms with Crippen molar-refractivity contribution in [2.75, 3.05) is 5.32 Å². The summed E-state index contributed by atoms with van der Waals surface area (Å²) in [6.07, 6.45) is 2.33. The molecule has 0 radical (unpaired) electrons. The Balaban J connectivity index is 1.58. The van der Waals surface area contributed by atoms with Gasteiger partial charge in [-0.05, 0) is 36.2 Å². The molecule has 29 heavy (non-hydrogen) atoms. The highest BCUT2D eigenvalue weighted by Gasteiger charge is 2.12. The van der Waals surface area contributed by atoms with Crippen LogP contribution in [0.1, 0.15) is 12.5 Å². The van der Waals surface area contributed by atoms with Crippen LogP contribution in [0, 0.1) is 5.82 Å². The predicted molar refractivity (Wildman–Crippen MR) is 107 cm³/mol. The van der Waals surface area contributed by atoms with Gasteiger partial charge in [0, 0.05) is 11.3 Å². The number of halogens is 1. The molecule has 146 valence electrons. The van der Waals surface area contributed by atoms with E-state index in [1.54, 1.807) is 12.1 Å². The van der Waals surface area contributed by atoms with Crippen molar-refractivity contribution in [3.05, 3.63) is 82.7 Å². The summed E-state index contributed by atoms with van der Waals surface area (Å²) in [4.78, 5) is 24.9. The van der Waals surface area contributed by atoms with Gasteiger partial charge in [0.25, 0.3) is 5.56 Å². The molecule has 0 saturated carbocycles. The average Bonchev–Trinajstić information content (AvgIpc) is 3.15. The highest BCUT2D eigenvalue weighted by molar-refractivity contribution is 5.90. The van der Waals surface area contributed by atoms with Gasteiger partial charge in [-0.1, -0.05) is 37.3 Å². The fraction of sp³-hybridized carbons (Fsp3) is 0.143. The van der Waals surface area contributed by atoms with Gasteiger partial charge in [0.15, 0.2) is 0 Å². The Morgan fingerprint density at radius 3 is 2.66 bits per heavy atom. The highest BCUT2D eigenvalue weighted by Crippen LogP contribution is 2.19. The van der Waals surface area contributed by atoms with Gasteiger partial charge < -0.3 is 5.32 Å². The summed E-state index contributed by atoms with van der Waals surface area (Å²) >= 11 is 0. The second-order valence-electron chi connectivity index (χ2n) is 6.56. The van der Waals surface area contributed by atoms with E-state index < -0.39 is 17.3 Å². The third-order valence-electron chi connectivity index (χ3n) is 4.55. The van der Waals surface area contributed by atoms with E-state index in [9.17, 15) is 14.0 Å². The van der Waals surface area contributed by atoms with Gasteiger partial charge in [-0.25, -0.2) is 13.6 Å². The largest absolute Gasteiger partial charge is 0.324 e. The Morgan fingerprint density at radius 1 is 1.14 bits per heavy atom. The van der Waals surface area contributed by atoms with Crippen molar-refractivity contribution >= 4 is 17.1 Å². The average molecular weight is 391 g/mol. The van der Waals surface area contributed by atoms with Crippen molar-refractivity contribution in [3.63, 3.8) is 0 Å². The Bertz CT molecular complexity index is 1240. The first-order valence-electron chi connectivity index (χ1n) is 9.13. The van der Waals surface area contributed by atoms with Crippen LogP contribution in [-0.4, -0.2) is 25.3 Å². The molecule has 0 bridgehead atoms. The first kappa shape index (κ1) is 18.5. The molecular weight excluding hydrogens is 373 g/mol. The molecule has 0 aliphatic carbocycles. The molecule has 0 spiro atoms. The van der Waals surface area contributed by atoms with Crippen molar-refractivity contribution in [2.45, 2.75) is 19.9 Å². The Kier molecular flexibility index (Phi) is 4.90. The van der Waals surface area contributed by atoms with Gasteiger partial charge in [-0.2, -0.15) is 10.2 Å². The molecule has 2 aromatic heterocycles. The zero-order valence-corrected chi connectivity index (χ0v) is 15.7. The van der Waals surface area contributed by atoms with Crippen molar-refractivity contribution < 1.29 is 9.18 Å². The topological polar surface area (TPSA) is 81.3 Å². The number of amides is 1. The van der Waals surface area contributed by atoms with E-state index in [2.05, 4.69) is 22.4 Å². The van der Waals surface area contributed by atoms with Gasteiger partial charge in [-0.3, -0.25) is 9.59 Å². The maximum Gasteiger partial charge on any atom is 0.293 e. The van der Waals surface area contributed by atoms with E-state index in [1.807, 2.05) is 24.3 Å². The van der Waals surface area contributed by atoms with E-state index in [1.165, 1.54) is 34.6 Å². The van der Waals surface area contributed by atoms with Crippen LogP contribution in [0.5, 0.6) is 0 Å². The van der Waals surface area contributed by atoms with Gasteiger partial charge in [-0.15, -0.1) is 0 Å². The molecule has 0 aliphatic rings. The van der Waals surface area contributed by atoms with E-state index in [0.29, 0.717) is 16.9 Å². The standard InChI is InChI=1S/C21H18FN5O2/c1-2-14-6-8-15(9-7-14)18-11-19-21(29)26(23-13-27(19)25-18)12-20(28)24-17-5-3-4-16(22)10-17/h3-11,13H,2,12H2,1H3,(H,24,28). The number of nitrogens with one attached hydrogen (secondary N) is 1. The molecule has 0 fully saturated rings. The molecule has 4 aromatic rings. The summed E-state index contributed by atoms with van der Waals surface area (Å²) in [7, 11) is 0. The number of hydrogen-bond acceptors (Lipinski definition) is 4. The Hall–Kier alpha value is -3.81. The third kappa shape index (κ3) is 3.91. The molecule has 2 aromatic carbocycles. The van der Waals surface area contributed by atoms with Crippen LogP contribution in [0.25, 0.3) is 16.8 Å². The number of benzene rings is 2. The minimum absolute atomic E-state index is 0.294. The number of anilines is 1. The molecule has 1 N–H and O–H groups in total. The summed E-state index contributed by atoms with van der Waals surface area (Å²) in [5, 5.41) is 11.0. The van der Waals surface area contributed by atoms with Gasteiger partial charge in [0.05, 0.1) is 5.69 Å². The molecule has 4 rings (SSSR count). The Morgan fingerprint density at radius 2 is 1.93 bits per heavy atom. The first-order valence-corrected chi connectivity index (χ1v) is 9.13. The fourth-order valence-electron chi connectivity index (χ4n) is 3.01. The molecule has 2 heterocycles. The maximum absolute atomic E-state index is 13.2. The Labute approximate surface area is 165 Å². The summed E-state index contributed by atoms with van der Waals surface area (Å²) in [6.45, 7) is 1.79. The number of hydrogen-bond donors (Lipinski definition) is 1. The monoisotopic (exact) mass is 391 g/mol.